The van der Waals surface area contributed by atoms with Gasteiger partial charge in [0.25, 0.3) is 9.04 Å². The maximum atomic E-state index is 8.53. The van der Waals surface area contributed by atoms with Crippen molar-refractivity contribution in [2.45, 2.75) is 0 Å². The molecule has 0 saturated heterocycles. The van der Waals surface area contributed by atoms with Crippen molar-refractivity contribution in [3.05, 3.63) is 24.6 Å². The number of hydrogen-bond acceptors (Lipinski definition) is 1. The summed E-state index contributed by atoms with van der Waals surface area (Å²) in [4.78, 5) is 8.53. The Morgan fingerprint density at radius 1 is 1.33 bits per heavy atom. The Balaban J connectivity index is 3.21. The fourth-order valence-corrected chi connectivity index (χ4v) is 0.250. The predicted octanol–water partition coefficient (Wildman–Crippen LogP) is 0.421. The Bertz CT molecular complexity index is 52.6. The first-order chi connectivity index (χ1) is 2.81. The van der Waals surface area contributed by atoms with Gasteiger partial charge in [-0.3, -0.25) is 0 Å². The van der Waals surface area contributed by atoms with Crippen molar-refractivity contribution in [2.75, 3.05) is 0 Å². The van der Waals surface area contributed by atoms with E-state index >= 15 is 0 Å². The van der Waals surface area contributed by atoms with E-state index in [1.807, 2.05) is 0 Å². The lowest BCUT2D eigenvalue weighted by atomic mass is 11.2. The fraction of sp³-hybridized carbons (Fsp3) is 0. The zero-order valence-corrected chi connectivity index (χ0v) is 4.52. The molecule has 0 bridgehead atoms. The van der Waals surface area contributed by atoms with Gasteiger partial charge in [0, 0.05) is 0 Å². The molecule has 0 aromatic carbocycles. The van der Waals surface area contributed by atoms with Crippen molar-refractivity contribution < 1.29 is 4.80 Å². The first kappa shape index (κ1) is 5.66. The normalized spacial score (nSPS) is 8.33. The van der Waals surface area contributed by atoms with Crippen molar-refractivity contribution in [3.63, 3.8) is 0 Å². The third kappa shape index (κ3) is 1.93. The highest BCUT2D eigenvalue weighted by atomic mass is 28.3. The van der Waals surface area contributed by atoms with E-state index in [2.05, 4.69) is 13.2 Å². The van der Waals surface area contributed by atoms with Gasteiger partial charge in [-0.1, -0.05) is 11.4 Å². The van der Waals surface area contributed by atoms with Gasteiger partial charge in [0.1, 0.15) is 0 Å². The van der Waals surface area contributed by atoms with Gasteiger partial charge in [-0.2, -0.15) is 0 Å². The minimum absolute atomic E-state index is 1.34. The molecule has 0 unspecified atom stereocenters. The van der Waals surface area contributed by atoms with E-state index in [-0.39, 0.29) is 0 Å². The Morgan fingerprint density at radius 3 is 1.67 bits per heavy atom. The second kappa shape index (κ2) is 2.87. The van der Waals surface area contributed by atoms with Crippen molar-refractivity contribution in [2.24, 2.45) is 0 Å². The molecule has 0 aliphatic carbocycles. The molecule has 0 fully saturated rings. The summed E-state index contributed by atoms with van der Waals surface area (Å²) in [5, 5.41) is 0. The monoisotopic (exact) mass is 99.0 g/mol. The summed E-state index contributed by atoms with van der Waals surface area (Å²) in [7, 11) is -1.34. The maximum Gasteiger partial charge on any atom is 0.263 e. The van der Waals surface area contributed by atoms with Crippen LogP contribution in [0.5, 0.6) is 0 Å². The molecule has 0 aliphatic heterocycles. The molecule has 0 atom stereocenters. The average molecular weight is 99.2 g/mol. The van der Waals surface area contributed by atoms with Gasteiger partial charge in [-0.05, 0) is 0 Å². The lowest BCUT2D eigenvalue weighted by molar-refractivity contribution is 0.598. The largest absolute Gasteiger partial charge is 0.425 e. The maximum absolute atomic E-state index is 8.53. The molecule has 0 aromatic rings. The molecule has 0 spiro atoms. The van der Waals surface area contributed by atoms with E-state index in [1.54, 1.807) is 0 Å². The average Bonchev–Trinajstić information content (AvgIpc) is 1.65. The first-order valence-electron chi connectivity index (χ1n) is 1.62. The summed E-state index contributed by atoms with van der Waals surface area (Å²) < 4.78 is 0. The minimum atomic E-state index is -1.34. The van der Waals surface area contributed by atoms with Gasteiger partial charge in [-0.15, -0.1) is 13.2 Å². The molecular weight excluding hydrogens is 92.1 g/mol. The Hall–Kier alpha value is -0.343. The second-order valence-corrected chi connectivity index (χ2v) is 2.50. The molecule has 6 heavy (non-hydrogen) atoms. The van der Waals surface area contributed by atoms with Gasteiger partial charge in [-0.25, -0.2) is 0 Å². The van der Waals surface area contributed by atoms with Crippen LogP contribution in [0.3, 0.4) is 0 Å². The summed E-state index contributed by atoms with van der Waals surface area (Å²) in [6.07, 6.45) is 0. The van der Waals surface area contributed by atoms with Crippen LogP contribution in [0, 0.1) is 0 Å². The number of rotatable bonds is 2. The Labute approximate surface area is 39.4 Å². The summed E-state index contributed by atoms with van der Waals surface area (Å²) in [5.41, 5.74) is 3.02. The van der Waals surface area contributed by atoms with E-state index in [1.165, 1.54) is 11.4 Å². The third-order valence-corrected chi connectivity index (χ3v) is 1.25. The molecule has 33 valence electrons. The van der Waals surface area contributed by atoms with Crippen LogP contribution in [0.1, 0.15) is 0 Å². The highest BCUT2D eigenvalue weighted by Crippen LogP contribution is 1.72. The van der Waals surface area contributed by atoms with Crippen LogP contribution in [-0.2, 0) is 0 Å². The van der Waals surface area contributed by atoms with Crippen LogP contribution in [0.2, 0.25) is 0 Å². The van der Waals surface area contributed by atoms with E-state index in [0.717, 1.165) is 0 Å². The first-order valence-corrected chi connectivity index (χ1v) is 3.22. The molecule has 2 heteroatoms. The lowest BCUT2D eigenvalue weighted by Crippen LogP contribution is -2.00. The summed E-state index contributed by atoms with van der Waals surface area (Å²) in [6.45, 7) is 6.71. The number of hydrogen-bond donors (Lipinski definition) is 1. The molecule has 0 heterocycles. The molecule has 0 amide bonds. The van der Waals surface area contributed by atoms with E-state index in [4.69, 9.17) is 4.80 Å². The predicted molar refractivity (Wildman–Crippen MR) is 28.4 cm³/mol. The quantitative estimate of drug-likeness (QED) is 0.497. The van der Waals surface area contributed by atoms with Crippen LogP contribution in [0.15, 0.2) is 24.6 Å². The van der Waals surface area contributed by atoms with Gasteiger partial charge >= 0.3 is 0 Å². The summed E-state index contributed by atoms with van der Waals surface area (Å²) >= 11 is 0. The van der Waals surface area contributed by atoms with Crippen molar-refractivity contribution >= 4 is 9.04 Å². The molecule has 0 saturated carbocycles. The van der Waals surface area contributed by atoms with Crippen molar-refractivity contribution in [1.29, 1.82) is 0 Å². The van der Waals surface area contributed by atoms with E-state index in [9.17, 15) is 0 Å². The van der Waals surface area contributed by atoms with Gasteiger partial charge in [0.15, 0.2) is 0 Å². The topological polar surface area (TPSA) is 20.2 Å². The Morgan fingerprint density at radius 2 is 1.67 bits per heavy atom. The molecule has 1 radical (unpaired) electrons. The SMILES string of the molecule is C=C[Si](O)C=C. The zero-order valence-electron chi connectivity index (χ0n) is 3.52. The highest BCUT2D eigenvalue weighted by molar-refractivity contribution is 6.61. The van der Waals surface area contributed by atoms with Crippen LogP contribution in [0.4, 0.5) is 0 Å². The van der Waals surface area contributed by atoms with Crippen LogP contribution in [-0.4, -0.2) is 13.8 Å². The molecule has 1 nitrogen and oxygen atoms in total. The van der Waals surface area contributed by atoms with Crippen LogP contribution >= 0.6 is 0 Å². The van der Waals surface area contributed by atoms with Gasteiger partial charge < -0.3 is 4.80 Å². The summed E-state index contributed by atoms with van der Waals surface area (Å²) in [6, 6.07) is 0. The minimum Gasteiger partial charge on any atom is -0.425 e. The highest BCUT2D eigenvalue weighted by Gasteiger charge is 1.88. The third-order valence-electron chi connectivity index (χ3n) is 0.418. The van der Waals surface area contributed by atoms with Gasteiger partial charge in [0.2, 0.25) is 0 Å². The van der Waals surface area contributed by atoms with Gasteiger partial charge in [0.05, 0.1) is 0 Å². The molecule has 1 N–H and O–H groups in total. The smallest absolute Gasteiger partial charge is 0.263 e. The van der Waals surface area contributed by atoms with Crippen LogP contribution < -0.4 is 0 Å². The molecular formula is C4H7OSi. The standard InChI is InChI=1S/C4H7OSi/c1-3-6(5)4-2/h3-5H,1-2H2. The van der Waals surface area contributed by atoms with Crippen LogP contribution in [0.25, 0.3) is 0 Å². The van der Waals surface area contributed by atoms with E-state index in [0.29, 0.717) is 0 Å². The molecule has 0 aromatic heterocycles. The molecule has 0 rings (SSSR count). The summed E-state index contributed by atoms with van der Waals surface area (Å²) in [5.74, 6) is 0. The fourth-order valence-electron chi connectivity index (χ4n) is 0.0833. The van der Waals surface area contributed by atoms with Crippen molar-refractivity contribution in [3.8, 4) is 0 Å². The zero-order chi connectivity index (χ0) is 4.99. The van der Waals surface area contributed by atoms with E-state index < -0.39 is 9.04 Å². The second-order valence-electron chi connectivity index (χ2n) is 0.833. The van der Waals surface area contributed by atoms with Crippen molar-refractivity contribution in [1.82, 2.24) is 0 Å². The molecule has 0 aliphatic rings. The Kier molecular flexibility index (Phi) is 2.71. The lowest BCUT2D eigenvalue weighted by Gasteiger charge is -1.82.